The molecule has 1 unspecified atom stereocenters. The van der Waals surface area contributed by atoms with Gasteiger partial charge in [0.25, 0.3) is 0 Å². The highest BCUT2D eigenvalue weighted by Gasteiger charge is 2.51. The Kier molecular flexibility index (Phi) is 2.83. The van der Waals surface area contributed by atoms with Crippen LogP contribution in [-0.4, -0.2) is 30.4 Å². The number of aliphatic carboxylic acids is 1. The maximum absolute atomic E-state index is 10.9. The zero-order valence-corrected chi connectivity index (χ0v) is 9.10. The van der Waals surface area contributed by atoms with E-state index < -0.39 is 11.6 Å². The van der Waals surface area contributed by atoms with Gasteiger partial charge >= 0.3 is 5.97 Å². The smallest absolute Gasteiger partial charge is 0.338 e. The number of ether oxygens (including phenoxy) is 2. The van der Waals surface area contributed by atoms with Crippen molar-refractivity contribution in [3.05, 3.63) is 29.8 Å². The summed E-state index contributed by atoms with van der Waals surface area (Å²) in [7, 11) is 1.62. The van der Waals surface area contributed by atoms with Gasteiger partial charge in [-0.25, -0.2) is 4.79 Å². The van der Waals surface area contributed by atoms with Crippen molar-refractivity contribution in [2.75, 3.05) is 13.7 Å². The van der Waals surface area contributed by atoms with Gasteiger partial charge in [-0.15, -0.1) is 0 Å². The first-order chi connectivity index (χ1) is 7.66. The molecule has 1 aliphatic heterocycles. The summed E-state index contributed by atoms with van der Waals surface area (Å²) in [6.45, 7) is 0.332. The Morgan fingerprint density at radius 1 is 1.50 bits per heavy atom. The fourth-order valence-corrected chi connectivity index (χ4v) is 1.60. The van der Waals surface area contributed by atoms with Gasteiger partial charge in [-0.05, 0) is 30.5 Å². The third kappa shape index (κ3) is 2.17. The van der Waals surface area contributed by atoms with Gasteiger partial charge in [0.2, 0.25) is 0 Å². The second-order valence-electron chi connectivity index (χ2n) is 3.94. The van der Waals surface area contributed by atoms with Crippen LogP contribution in [0.25, 0.3) is 0 Å². The number of hydrogen-bond donors (Lipinski definition) is 1. The molecule has 0 radical (unpaired) electrons. The van der Waals surface area contributed by atoms with E-state index in [4.69, 9.17) is 14.6 Å². The zero-order valence-electron chi connectivity index (χ0n) is 9.10. The molecule has 4 nitrogen and oxygen atoms in total. The lowest BCUT2D eigenvalue weighted by Crippen LogP contribution is -2.24. The molecule has 1 aromatic carbocycles. The topological polar surface area (TPSA) is 59.1 Å². The summed E-state index contributed by atoms with van der Waals surface area (Å²) in [5.41, 5.74) is 0.178. The molecule has 16 heavy (non-hydrogen) atoms. The molecular formula is C12H14O4. The van der Waals surface area contributed by atoms with Crippen molar-refractivity contribution in [1.29, 1.82) is 0 Å². The molecule has 1 aliphatic rings. The van der Waals surface area contributed by atoms with Gasteiger partial charge in [-0.2, -0.15) is 0 Å². The Balaban J connectivity index is 1.92. The SMILES string of the molecule is COc1ccc(CCC2(C(=O)O)CO2)cc1. The number of epoxide rings is 1. The van der Waals surface area contributed by atoms with Gasteiger partial charge < -0.3 is 14.6 Å². The quantitative estimate of drug-likeness (QED) is 0.766. The molecule has 0 saturated carbocycles. The molecule has 0 amide bonds. The van der Waals surface area contributed by atoms with Gasteiger partial charge in [0.1, 0.15) is 5.75 Å². The van der Waals surface area contributed by atoms with Crippen LogP contribution >= 0.6 is 0 Å². The van der Waals surface area contributed by atoms with Crippen molar-refractivity contribution < 1.29 is 19.4 Å². The monoisotopic (exact) mass is 222 g/mol. The largest absolute Gasteiger partial charge is 0.497 e. The number of methoxy groups -OCH3 is 1. The molecule has 1 heterocycles. The molecule has 86 valence electrons. The Morgan fingerprint density at radius 2 is 2.12 bits per heavy atom. The van der Waals surface area contributed by atoms with Crippen LogP contribution in [0.1, 0.15) is 12.0 Å². The highest BCUT2D eigenvalue weighted by atomic mass is 16.6. The van der Waals surface area contributed by atoms with E-state index in [1.165, 1.54) is 0 Å². The molecule has 0 bridgehead atoms. The van der Waals surface area contributed by atoms with Gasteiger partial charge in [-0.1, -0.05) is 12.1 Å². The van der Waals surface area contributed by atoms with Crippen LogP contribution in [0, 0.1) is 0 Å². The average molecular weight is 222 g/mol. The first-order valence-electron chi connectivity index (χ1n) is 5.16. The van der Waals surface area contributed by atoms with Gasteiger partial charge in [-0.3, -0.25) is 0 Å². The summed E-state index contributed by atoms with van der Waals surface area (Å²) in [6.07, 6.45) is 1.23. The summed E-state index contributed by atoms with van der Waals surface area (Å²) < 4.78 is 10.0. The number of hydrogen-bond acceptors (Lipinski definition) is 3. The predicted octanol–water partition coefficient (Wildman–Crippen LogP) is 1.48. The predicted molar refractivity (Wildman–Crippen MR) is 57.6 cm³/mol. The lowest BCUT2D eigenvalue weighted by molar-refractivity contribution is -0.143. The number of rotatable bonds is 5. The molecule has 1 saturated heterocycles. The highest BCUT2D eigenvalue weighted by Crippen LogP contribution is 2.32. The van der Waals surface area contributed by atoms with Crippen LogP contribution in [0.15, 0.2) is 24.3 Å². The Hall–Kier alpha value is -1.55. The summed E-state index contributed by atoms with van der Waals surface area (Å²) >= 11 is 0. The van der Waals surface area contributed by atoms with E-state index in [9.17, 15) is 4.79 Å². The normalized spacial score (nSPS) is 22.8. The summed E-state index contributed by atoms with van der Waals surface area (Å²) in [5, 5.41) is 8.92. The Labute approximate surface area is 93.8 Å². The van der Waals surface area contributed by atoms with E-state index in [0.29, 0.717) is 19.4 Å². The number of carboxylic acids is 1. The van der Waals surface area contributed by atoms with Crippen molar-refractivity contribution in [3.63, 3.8) is 0 Å². The van der Waals surface area contributed by atoms with Crippen molar-refractivity contribution in [3.8, 4) is 5.75 Å². The average Bonchev–Trinajstić information content (AvgIpc) is 3.08. The third-order valence-electron chi connectivity index (χ3n) is 2.86. The van der Waals surface area contributed by atoms with Crippen LogP contribution in [0.4, 0.5) is 0 Å². The van der Waals surface area contributed by atoms with E-state index in [2.05, 4.69) is 0 Å². The molecule has 1 atom stereocenters. The fourth-order valence-electron chi connectivity index (χ4n) is 1.60. The van der Waals surface area contributed by atoms with E-state index in [-0.39, 0.29) is 0 Å². The number of carboxylic acid groups (broad SMARTS) is 1. The van der Waals surface area contributed by atoms with Crippen molar-refractivity contribution >= 4 is 5.97 Å². The molecule has 1 fully saturated rings. The minimum atomic E-state index is -0.917. The first-order valence-corrected chi connectivity index (χ1v) is 5.16. The molecular weight excluding hydrogens is 208 g/mol. The fraction of sp³-hybridized carbons (Fsp3) is 0.417. The number of benzene rings is 1. The minimum absolute atomic E-state index is 0.332. The molecule has 1 aromatic rings. The first kappa shape index (κ1) is 11.0. The molecule has 0 spiro atoms. The number of aryl methyl sites for hydroxylation is 1. The van der Waals surface area contributed by atoms with Gasteiger partial charge in [0.15, 0.2) is 5.60 Å². The summed E-state index contributed by atoms with van der Waals surface area (Å²) in [6, 6.07) is 7.63. The molecule has 1 N–H and O–H groups in total. The number of carbonyl (C=O) groups is 1. The second kappa shape index (κ2) is 4.14. The van der Waals surface area contributed by atoms with Crippen LogP contribution in [0.5, 0.6) is 5.75 Å². The maximum atomic E-state index is 10.9. The van der Waals surface area contributed by atoms with Crippen LogP contribution in [0.2, 0.25) is 0 Å². The molecule has 0 aromatic heterocycles. The Bertz CT molecular complexity index is 379. The maximum Gasteiger partial charge on any atom is 0.338 e. The van der Waals surface area contributed by atoms with Gasteiger partial charge in [0.05, 0.1) is 13.7 Å². The summed E-state index contributed by atoms with van der Waals surface area (Å²) in [5.74, 6) is -0.0552. The molecule has 4 heteroatoms. The summed E-state index contributed by atoms with van der Waals surface area (Å²) in [4.78, 5) is 10.9. The molecule has 0 aliphatic carbocycles. The van der Waals surface area contributed by atoms with E-state index in [1.807, 2.05) is 24.3 Å². The highest BCUT2D eigenvalue weighted by molar-refractivity contribution is 5.80. The lowest BCUT2D eigenvalue weighted by Gasteiger charge is -2.06. The van der Waals surface area contributed by atoms with Gasteiger partial charge in [0, 0.05) is 0 Å². The van der Waals surface area contributed by atoms with Crippen LogP contribution in [-0.2, 0) is 16.0 Å². The second-order valence-corrected chi connectivity index (χ2v) is 3.94. The third-order valence-corrected chi connectivity index (χ3v) is 2.86. The van der Waals surface area contributed by atoms with E-state index in [1.54, 1.807) is 7.11 Å². The van der Waals surface area contributed by atoms with Crippen LogP contribution < -0.4 is 4.74 Å². The molecule has 2 rings (SSSR count). The van der Waals surface area contributed by atoms with Crippen molar-refractivity contribution in [1.82, 2.24) is 0 Å². The standard InChI is InChI=1S/C12H14O4/c1-15-10-4-2-9(3-5-10)6-7-12(8-16-12)11(13)14/h2-5H,6-8H2,1H3,(H,13,14). The Morgan fingerprint density at radius 3 is 2.56 bits per heavy atom. The zero-order chi connectivity index (χ0) is 11.6. The van der Waals surface area contributed by atoms with E-state index >= 15 is 0 Å². The van der Waals surface area contributed by atoms with Crippen molar-refractivity contribution in [2.45, 2.75) is 18.4 Å². The van der Waals surface area contributed by atoms with E-state index in [0.717, 1.165) is 11.3 Å². The minimum Gasteiger partial charge on any atom is -0.497 e. The van der Waals surface area contributed by atoms with Crippen molar-refractivity contribution in [2.24, 2.45) is 0 Å². The van der Waals surface area contributed by atoms with Crippen LogP contribution in [0.3, 0.4) is 0 Å². The lowest BCUT2D eigenvalue weighted by atomic mass is 10.0.